The second kappa shape index (κ2) is 9.02. The molecule has 1 unspecified atom stereocenters. The fourth-order valence-corrected chi connectivity index (χ4v) is 4.99. The fourth-order valence-electron chi connectivity index (χ4n) is 3.83. The van der Waals surface area contributed by atoms with Gasteiger partial charge in [0.05, 0.1) is 11.4 Å². The smallest absolute Gasteiger partial charge is 0.255 e. The number of rotatable bonds is 4. The molecule has 33 heavy (non-hydrogen) atoms. The van der Waals surface area contributed by atoms with Crippen LogP contribution < -0.4 is 10.2 Å². The summed E-state index contributed by atoms with van der Waals surface area (Å²) in [6.45, 7) is 8.26. The van der Waals surface area contributed by atoms with Crippen molar-refractivity contribution in [2.45, 2.75) is 38.5 Å². The standard InChI is InChI=1S/C27H27FN2O2S/c1-17-8-13-22(28)23(14-17)30-24(31)16-33-26(30)19-6-5-7-21(15-19)29-25(32)18-9-11-20(12-10-18)27(2,3)4/h5-15,26H,16H2,1-4H3,(H,29,32). The lowest BCUT2D eigenvalue weighted by Crippen LogP contribution is -2.28. The highest BCUT2D eigenvalue weighted by Gasteiger charge is 2.35. The highest BCUT2D eigenvalue weighted by molar-refractivity contribution is 8.00. The third-order valence-electron chi connectivity index (χ3n) is 5.67. The molecule has 0 saturated carbocycles. The van der Waals surface area contributed by atoms with E-state index in [-0.39, 0.29) is 34.0 Å². The van der Waals surface area contributed by atoms with Gasteiger partial charge in [0, 0.05) is 11.3 Å². The minimum absolute atomic E-state index is 0.0162. The van der Waals surface area contributed by atoms with Gasteiger partial charge < -0.3 is 5.32 Å². The molecule has 3 aromatic rings. The zero-order chi connectivity index (χ0) is 23.8. The van der Waals surface area contributed by atoms with Crippen LogP contribution >= 0.6 is 11.8 Å². The van der Waals surface area contributed by atoms with Crippen LogP contribution in [-0.4, -0.2) is 17.6 Å². The average molecular weight is 463 g/mol. The van der Waals surface area contributed by atoms with Gasteiger partial charge in [0.2, 0.25) is 5.91 Å². The second-order valence-corrected chi connectivity index (χ2v) is 10.4. The van der Waals surface area contributed by atoms with Crippen LogP contribution in [0.1, 0.15) is 53.2 Å². The Kier molecular flexibility index (Phi) is 6.30. The number of nitrogens with zero attached hydrogens (tertiary/aromatic N) is 1. The molecule has 0 spiro atoms. The molecule has 3 aromatic carbocycles. The molecule has 0 aromatic heterocycles. The van der Waals surface area contributed by atoms with E-state index in [2.05, 4.69) is 26.1 Å². The normalized spacial score (nSPS) is 16.2. The van der Waals surface area contributed by atoms with Crippen LogP contribution in [-0.2, 0) is 10.2 Å². The number of aryl methyl sites for hydroxylation is 1. The Morgan fingerprint density at radius 2 is 1.79 bits per heavy atom. The van der Waals surface area contributed by atoms with E-state index < -0.39 is 5.82 Å². The summed E-state index contributed by atoms with van der Waals surface area (Å²) in [5, 5.41) is 2.58. The van der Waals surface area contributed by atoms with Crippen molar-refractivity contribution in [1.82, 2.24) is 0 Å². The third kappa shape index (κ3) is 4.96. The molecule has 0 aliphatic carbocycles. The topological polar surface area (TPSA) is 49.4 Å². The maximum Gasteiger partial charge on any atom is 0.255 e. The van der Waals surface area contributed by atoms with Gasteiger partial charge in [0.1, 0.15) is 11.2 Å². The van der Waals surface area contributed by atoms with Gasteiger partial charge >= 0.3 is 0 Å². The second-order valence-electron chi connectivity index (χ2n) is 9.29. The molecular weight excluding hydrogens is 435 g/mol. The van der Waals surface area contributed by atoms with Crippen molar-refractivity contribution in [1.29, 1.82) is 0 Å². The lowest BCUT2D eigenvalue weighted by atomic mass is 9.87. The van der Waals surface area contributed by atoms with Crippen LogP contribution in [0.2, 0.25) is 0 Å². The number of thioether (sulfide) groups is 1. The SMILES string of the molecule is Cc1ccc(F)c(N2C(=O)CSC2c2cccc(NC(=O)c3ccc(C(C)(C)C)cc3)c2)c1. The molecule has 1 aliphatic rings. The molecule has 4 nitrogen and oxygen atoms in total. The van der Waals surface area contributed by atoms with Crippen molar-refractivity contribution in [3.05, 3.63) is 94.8 Å². The minimum atomic E-state index is -0.426. The quantitative estimate of drug-likeness (QED) is 0.484. The largest absolute Gasteiger partial charge is 0.322 e. The summed E-state index contributed by atoms with van der Waals surface area (Å²) in [5.41, 5.74) is 4.36. The molecule has 1 heterocycles. The summed E-state index contributed by atoms with van der Waals surface area (Å²) in [6.07, 6.45) is 0. The molecule has 0 bridgehead atoms. The van der Waals surface area contributed by atoms with Gasteiger partial charge in [-0.15, -0.1) is 11.8 Å². The van der Waals surface area contributed by atoms with Gasteiger partial charge in [-0.25, -0.2) is 4.39 Å². The van der Waals surface area contributed by atoms with Crippen molar-refractivity contribution in [2.24, 2.45) is 0 Å². The summed E-state index contributed by atoms with van der Waals surface area (Å²) >= 11 is 1.45. The maximum atomic E-state index is 14.6. The number of benzene rings is 3. The Morgan fingerprint density at radius 3 is 2.48 bits per heavy atom. The number of amides is 2. The van der Waals surface area contributed by atoms with Crippen molar-refractivity contribution in [3.63, 3.8) is 0 Å². The van der Waals surface area contributed by atoms with Gasteiger partial charge in [0.25, 0.3) is 5.91 Å². The number of carbonyl (C=O) groups is 2. The number of halogens is 1. The number of carbonyl (C=O) groups excluding carboxylic acids is 2. The van der Waals surface area contributed by atoms with E-state index in [1.54, 1.807) is 12.1 Å². The lowest BCUT2D eigenvalue weighted by molar-refractivity contribution is -0.115. The third-order valence-corrected chi connectivity index (χ3v) is 6.88. The number of hydrogen-bond donors (Lipinski definition) is 1. The highest BCUT2D eigenvalue weighted by Crippen LogP contribution is 2.43. The first-order valence-electron chi connectivity index (χ1n) is 10.9. The first-order chi connectivity index (χ1) is 15.6. The van der Waals surface area contributed by atoms with E-state index in [0.717, 1.165) is 16.7 Å². The Balaban J connectivity index is 1.56. The fraction of sp³-hybridized carbons (Fsp3) is 0.259. The highest BCUT2D eigenvalue weighted by atomic mass is 32.2. The van der Waals surface area contributed by atoms with E-state index in [1.165, 1.54) is 22.7 Å². The van der Waals surface area contributed by atoms with Gasteiger partial charge in [-0.2, -0.15) is 0 Å². The molecule has 1 N–H and O–H groups in total. The van der Waals surface area contributed by atoms with Gasteiger partial charge in [-0.05, 0) is 65.4 Å². The zero-order valence-electron chi connectivity index (χ0n) is 19.2. The number of hydrogen-bond acceptors (Lipinski definition) is 3. The van der Waals surface area contributed by atoms with Crippen LogP contribution in [0, 0.1) is 12.7 Å². The molecule has 6 heteroatoms. The van der Waals surface area contributed by atoms with Crippen molar-refractivity contribution in [2.75, 3.05) is 16.0 Å². The lowest BCUT2D eigenvalue weighted by Gasteiger charge is -2.25. The van der Waals surface area contributed by atoms with E-state index >= 15 is 0 Å². The monoisotopic (exact) mass is 462 g/mol. The molecule has 2 amide bonds. The molecule has 1 aliphatic heterocycles. The van der Waals surface area contributed by atoms with Crippen molar-refractivity contribution >= 4 is 35.0 Å². The predicted octanol–water partition coefficient (Wildman–Crippen LogP) is 6.46. The Morgan fingerprint density at radius 1 is 1.06 bits per heavy atom. The van der Waals surface area contributed by atoms with Crippen LogP contribution in [0.3, 0.4) is 0 Å². The van der Waals surface area contributed by atoms with Crippen molar-refractivity contribution < 1.29 is 14.0 Å². The molecule has 1 fully saturated rings. The van der Waals surface area contributed by atoms with E-state index in [4.69, 9.17) is 0 Å². The summed E-state index contributed by atoms with van der Waals surface area (Å²) in [5.74, 6) is -0.494. The predicted molar refractivity (Wildman–Crippen MR) is 133 cm³/mol. The van der Waals surface area contributed by atoms with Crippen LogP contribution in [0.15, 0.2) is 66.7 Å². The average Bonchev–Trinajstić information content (AvgIpc) is 3.16. The Hall–Kier alpha value is -3.12. The van der Waals surface area contributed by atoms with E-state index in [1.807, 2.05) is 55.5 Å². The summed E-state index contributed by atoms with van der Waals surface area (Å²) in [6, 6.07) is 19.8. The van der Waals surface area contributed by atoms with Gasteiger partial charge in [0.15, 0.2) is 0 Å². The first kappa shape index (κ1) is 23.1. The zero-order valence-corrected chi connectivity index (χ0v) is 20.0. The van der Waals surface area contributed by atoms with Crippen LogP contribution in [0.25, 0.3) is 0 Å². The Bertz CT molecular complexity index is 1200. The van der Waals surface area contributed by atoms with Crippen molar-refractivity contribution in [3.8, 4) is 0 Å². The number of anilines is 2. The van der Waals surface area contributed by atoms with Crippen LogP contribution in [0.4, 0.5) is 15.8 Å². The molecule has 4 rings (SSSR count). The van der Waals surface area contributed by atoms with E-state index in [9.17, 15) is 14.0 Å². The summed E-state index contributed by atoms with van der Waals surface area (Å²) < 4.78 is 14.6. The van der Waals surface area contributed by atoms with E-state index in [0.29, 0.717) is 11.3 Å². The maximum absolute atomic E-state index is 14.6. The van der Waals surface area contributed by atoms with Gasteiger partial charge in [-0.3, -0.25) is 14.5 Å². The summed E-state index contributed by atoms with van der Waals surface area (Å²) in [7, 11) is 0. The minimum Gasteiger partial charge on any atom is -0.322 e. The molecule has 170 valence electrons. The number of nitrogens with one attached hydrogen (secondary N) is 1. The molecular formula is C27H27FN2O2S. The summed E-state index contributed by atoms with van der Waals surface area (Å²) in [4.78, 5) is 26.9. The Labute approximate surface area is 198 Å². The molecule has 0 radical (unpaired) electrons. The van der Waals surface area contributed by atoms with Crippen LogP contribution in [0.5, 0.6) is 0 Å². The van der Waals surface area contributed by atoms with Gasteiger partial charge in [-0.1, -0.05) is 51.1 Å². The first-order valence-corrected chi connectivity index (χ1v) is 11.9. The molecule has 1 saturated heterocycles. The molecule has 1 atom stereocenters.